The molecule has 0 atom stereocenters. The molecule has 1 aromatic carbocycles. The molecule has 0 bridgehead atoms. The van der Waals surface area contributed by atoms with Gasteiger partial charge in [0, 0.05) is 23.4 Å². The molecule has 5 N–H and O–H groups in total. The molecule has 0 aliphatic rings. The number of hydrogen-bond acceptors (Lipinski definition) is 8. The van der Waals surface area contributed by atoms with Crippen LogP contribution in [-0.4, -0.2) is 45.7 Å². The summed E-state index contributed by atoms with van der Waals surface area (Å²) in [4.78, 5) is 24.2. The standard InChI is InChI=1S/C19H17N7O3S/c1-9-3-4-12-11(8-23-26-12)15(9)10-7-14(24-17(16(10)20)18(21)27)13-5-6-22-19(25-13)30(2,28)29/h3-8H,20H2,1-2H3,(H2,21,27)(H,23,26). The van der Waals surface area contributed by atoms with Gasteiger partial charge in [0.1, 0.15) is 0 Å². The lowest BCUT2D eigenvalue weighted by molar-refractivity contribution is 0.0996. The van der Waals surface area contributed by atoms with Gasteiger partial charge in [-0.05, 0) is 36.2 Å². The normalized spacial score (nSPS) is 11.7. The van der Waals surface area contributed by atoms with Crippen LogP contribution in [0.2, 0.25) is 0 Å². The molecule has 30 heavy (non-hydrogen) atoms. The summed E-state index contributed by atoms with van der Waals surface area (Å²) < 4.78 is 23.7. The fourth-order valence-corrected chi connectivity index (χ4v) is 3.74. The number of hydrogen-bond donors (Lipinski definition) is 3. The van der Waals surface area contributed by atoms with Gasteiger partial charge < -0.3 is 11.5 Å². The number of primary amides is 1. The molecule has 152 valence electrons. The molecule has 4 rings (SSSR count). The lowest BCUT2D eigenvalue weighted by Crippen LogP contribution is -2.17. The summed E-state index contributed by atoms with van der Waals surface area (Å²) in [6.45, 7) is 1.90. The van der Waals surface area contributed by atoms with Crippen molar-refractivity contribution in [2.24, 2.45) is 5.73 Å². The summed E-state index contributed by atoms with van der Waals surface area (Å²) in [6, 6.07) is 6.92. The average Bonchev–Trinajstić information content (AvgIpc) is 3.16. The van der Waals surface area contributed by atoms with Crippen LogP contribution >= 0.6 is 0 Å². The highest BCUT2D eigenvalue weighted by molar-refractivity contribution is 7.90. The van der Waals surface area contributed by atoms with Gasteiger partial charge in [-0.2, -0.15) is 5.10 Å². The van der Waals surface area contributed by atoms with Gasteiger partial charge in [0.2, 0.25) is 15.0 Å². The number of aromatic amines is 1. The Morgan fingerprint density at radius 3 is 2.60 bits per heavy atom. The van der Waals surface area contributed by atoms with Crippen molar-refractivity contribution in [3.8, 4) is 22.5 Å². The Bertz CT molecular complexity index is 1430. The summed E-state index contributed by atoms with van der Waals surface area (Å²) in [5, 5.41) is 7.42. The number of rotatable bonds is 4. The van der Waals surface area contributed by atoms with Crippen LogP contribution in [0.4, 0.5) is 5.69 Å². The number of benzene rings is 1. The molecule has 11 heteroatoms. The zero-order valence-electron chi connectivity index (χ0n) is 16.0. The molecule has 0 saturated carbocycles. The first kappa shape index (κ1) is 19.5. The Balaban J connectivity index is 2.05. The largest absolute Gasteiger partial charge is 0.396 e. The first-order chi connectivity index (χ1) is 14.2. The second kappa shape index (κ2) is 6.88. The molecular weight excluding hydrogens is 406 g/mol. The number of fused-ring (bicyclic) bond motifs is 1. The minimum absolute atomic E-state index is 0.112. The summed E-state index contributed by atoms with van der Waals surface area (Å²) >= 11 is 0. The Hall–Kier alpha value is -3.86. The smallest absolute Gasteiger partial charge is 0.269 e. The third kappa shape index (κ3) is 3.24. The molecule has 10 nitrogen and oxygen atoms in total. The van der Waals surface area contributed by atoms with Gasteiger partial charge in [0.05, 0.1) is 28.8 Å². The van der Waals surface area contributed by atoms with Crippen molar-refractivity contribution in [1.82, 2.24) is 25.1 Å². The van der Waals surface area contributed by atoms with Crippen molar-refractivity contribution >= 4 is 32.3 Å². The second-order valence-electron chi connectivity index (χ2n) is 6.77. The van der Waals surface area contributed by atoms with Gasteiger partial charge in [-0.15, -0.1) is 0 Å². The molecule has 0 aliphatic heterocycles. The molecule has 0 saturated heterocycles. The van der Waals surface area contributed by atoms with Crippen LogP contribution in [0, 0.1) is 6.92 Å². The monoisotopic (exact) mass is 423 g/mol. The van der Waals surface area contributed by atoms with Crippen LogP contribution in [0.25, 0.3) is 33.4 Å². The number of nitrogens with two attached hydrogens (primary N) is 2. The molecule has 3 aromatic heterocycles. The van der Waals surface area contributed by atoms with Crippen molar-refractivity contribution in [3.05, 3.63) is 47.9 Å². The number of nitrogens with zero attached hydrogens (tertiary/aromatic N) is 4. The number of carbonyl (C=O) groups is 1. The molecule has 0 radical (unpaired) electrons. The topological polar surface area (TPSA) is 171 Å². The maximum atomic E-state index is 12.0. The third-order valence-corrected chi connectivity index (χ3v) is 5.48. The SMILES string of the molecule is Cc1ccc2[nH]ncc2c1-c1cc(-c2ccnc(S(C)(=O)=O)n2)nc(C(N)=O)c1N. The number of anilines is 1. The Labute approximate surface area is 171 Å². The van der Waals surface area contributed by atoms with E-state index in [0.29, 0.717) is 5.56 Å². The predicted molar refractivity (Wildman–Crippen MR) is 111 cm³/mol. The van der Waals surface area contributed by atoms with Crippen LogP contribution in [0.5, 0.6) is 0 Å². The zero-order chi connectivity index (χ0) is 21.6. The molecule has 0 aliphatic carbocycles. The maximum Gasteiger partial charge on any atom is 0.269 e. The van der Waals surface area contributed by atoms with Crippen LogP contribution < -0.4 is 11.5 Å². The summed E-state index contributed by atoms with van der Waals surface area (Å²) in [7, 11) is -3.64. The Kier molecular flexibility index (Phi) is 4.46. The highest BCUT2D eigenvalue weighted by Gasteiger charge is 2.21. The number of carbonyl (C=O) groups excluding carboxylic acids is 1. The van der Waals surface area contributed by atoms with Crippen molar-refractivity contribution in [1.29, 1.82) is 0 Å². The first-order valence-corrected chi connectivity index (χ1v) is 10.6. The van der Waals surface area contributed by atoms with E-state index in [2.05, 4.69) is 25.1 Å². The van der Waals surface area contributed by atoms with E-state index in [9.17, 15) is 13.2 Å². The van der Waals surface area contributed by atoms with Gasteiger partial charge in [-0.1, -0.05) is 6.07 Å². The fourth-order valence-electron chi connectivity index (χ4n) is 3.23. The predicted octanol–water partition coefficient (Wildman–Crippen LogP) is 1.47. The fraction of sp³-hybridized carbons (Fsp3) is 0.105. The van der Waals surface area contributed by atoms with E-state index in [4.69, 9.17) is 11.5 Å². The van der Waals surface area contributed by atoms with E-state index in [-0.39, 0.29) is 27.9 Å². The van der Waals surface area contributed by atoms with Crippen LogP contribution in [-0.2, 0) is 9.84 Å². The number of H-pyrrole nitrogens is 1. The van der Waals surface area contributed by atoms with Crippen LogP contribution in [0.15, 0.2) is 41.8 Å². The lowest BCUT2D eigenvalue weighted by Gasteiger charge is -2.14. The van der Waals surface area contributed by atoms with Crippen molar-refractivity contribution in [3.63, 3.8) is 0 Å². The quantitative estimate of drug-likeness (QED) is 0.414. The van der Waals surface area contributed by atoms with E-state index in [1.54, 1.807) is 12.3 Å². The summed E-state index contributed by atoms with van der Waals surface area (Å²) in [6.07, 6.45) is 3.97. The number of sulfone groups is 1. The minimum Gasteiger partial charge on any atom is -0.396 e. The number of amides is 1. The Morgan fingerprint density at radius 1 is 1.13 bits per heavy atom. The van der Waals surface area contributed by atoms with E-state index < -0.39 is 15.7 Å². The Morgan fingerprint density at radius 2 is 1.90 bits per heavy atom. The van der Waals surface area contributed by atoms with E-state index in [1.165, 1.54) is 12.3 Å². The number of aromatic nitrogens is 5. The van der Waals surface area contributed by atoms with Gasteiger partial charge >= 0.3 is 0 Å². The summed E-state index contributed by atoms with van der Waals surface area (Å²) in [5.74, 6) is -0.815. The van der Waals surface area contributed by atoms with Gasteiger partial charge in [0.15, 0.2) is 5.69 Å². The van der Waals surface area contributed by atoms with Crippen LogP contribution in [0.1, 0.15) is 16.1 Å². The number of pyridine rings is 1. The van der Waals surface area contributed by atoms with E-state index in [0.717, 1.165) is 28.3 Å². The van der Waals surface area contributed by atoms with Crippen molar-refractivity contribution in [2.75, 3.05) is 12.0 Å². The van der Waals surface area contributed by atoms with Crippen molar-refractivity contribution in [2.45, 2.75) is 12.1 Å². The molecule has 0 spiro atoms. The molecule has 0 unspecified atom stereocenters. The highest BCUT2D eigenvalue weighted by atomic mass is 32.2. The first-order valence-electron chi connectivity index (χ1n) is 8.73. The number of nitrogen functional groups attached to an aromatic ring is 1. The summed E-state index contributed by atoms with van der Waals surface area (Å²) in [5.41, 5.74) is 15.1. The number of nitrogens with one attached hydrogen (secondary N) is 1. The van der Waals surface area contributed by atoms with Gasteiger partial charge in [0.25, 0.3) is 5.91 Å². The van der Waals surface area contributed by atoms with Crippen LogP contribution in [0.3, 0.4) is 0 Å². The van der Waals surface area contributed by atoms with Gasteiger partial charge in [-0.3, -0.25) is 9.89 Å². The molecule has 4 aromatic rings. The zero-order valence-corrected chi connectivity index (χ0v) is 16.9. The lowest BCUT2D eigenvalue weighted by atomic mass is 9.94. The van der Waals surface area contributed by atoms with E-state index in [1.807, 2.05) is 19.1 Å². The average molecular weight is 423 g/mol. The number of aryl methyl sites for hydroxylation is 1. The van der Waals surface area contributed by atoms with E-state index >= 15 is 0 Å². The second-order valence-corrected chi connectivity index (χ2v) is 8.68. The molecule has 1 amide bonds. The third-order valence-electron chi connectivity index (χ3n) is 4.62. The van der Waals surface area contributed by atoms with Crippen molar-refractivity contribution < 1.29 is 13.2 Å². The molecule has 3 heterocycles. The molecular formula is C19H17N7O3S. The van der Waals surface area contributed by atoms with Gasteiger partial charge in [-0.25, -0.2) is 23.4 Å². The maximum absolute atomic E-state index is 12.0. The highest BCUT2D eigenvalue weighted by Crippen LogP contribution is 2.37. The molecule has 0 fully saturated rings. The minimum atomic E-state index is -3.64.